The monoisotopic (exact) mass is 190 g/mol. The van der Waals surface area contributed by atoms with Crippen LogP contribution in [0.5, 0.6) is 0 Å². The van der Waals surface area contributed by atoms with Gasteiger partial charge in [0.1, 0.15) is 13.2 Å². The van der Waals surface area contributed by atoms with Gasteiger partial charge in [0.2, 0.25) is 0 Å². The molecule has 2 rings (SSSR count). The van der Waals surface area contributed by atoms with Gasteiger partial charge in [0, 0.05) is 0 Å². The Bertz CT molecular complexity index is 207. The fraction of sp³-hybridized carbons (Fsp3) is 0.600. The molecule has 2 fully saturated rings. The summed E-state index contributed by atoms with van der Waals surface area (Å²) in [7, 11) is 0. The van der Waals surface area contributed by atoms with Gasteiger partial charge in [0.05, 0.1) is 0 Å². The largest absolute Gasteiger partial charge is 0.466 e. The van der Waals surface area contributed by atoms with Crippen LogP contribution in [0.4, 0.5) is 0 Å². The minimum atomic E-state index is -0.395. The van der Waals surface area contributed by atoms with E-state index in [1.54, 1.807) is 0 Å². The van der Waals surface area contributed by atoms with E-state index in [9.17, 15) is 0 Å². The summed E-state index contributed by atoms with van der Waals surface area (Å²) in [4.78, 5) is 0. The second-order valence-electron chi connectivity index (χ2n) is 2.48. The van der Waals surface area contributed by atoms with Crippen LogP contribution < -0.4 is 10.6 Å². The third-order valence-electron chi connectivity index (χ3n) is 1.58. The van der Waals surface area contributed by atoms with E-state index in [4.69, 9.17) is 33.9 Å². The van der Waals surface area contributed by atoms with Crippen LogP contribution in [-0.2, 0) is 9.47 Å². The molecule has 0 aliphatic carbocycles. The molecule has 0 saturated carbocycles. The molecule has 0 aromatic rings. The molecule has 60 valence electrons. The van der Waals surface area contributed by atoms with E-state index < -0.39 is 5.66 Å². The van der Waals surface area contributed by atoms with Gasteiger partial charge in [-0.2, -0.15) is 0 Å². The summed E-state index contributed by atoms with van der Waals surface area (Å²) >= 11 is 9.59. The Morgan fingerprint density at radius 1 is 1.09 bits per heavy atom. The molecule has 0 radical (unpaired) electrons. The molecule has 0 unspecified atom stereocenters. The van der Waals surface area contributed by atoms with Gasteiger partial charge >= 0.3 is 0 Å². The second kappa shape index (κ2) is 2.18. The van der Waals surface area contributed by atoms with Crippen molar-refractivity contribution in [2.24, 2.45) is 0 Å². The average Bonchev–Trinajstić information content (AvgIpc) is 2.44. The highest BCUT2D eigenvalue weighted by atomic mass is 32.1. The quantitative estimate of drug-likeness (QED) is 0.502. The Hall–Kier alpha value is -0.620. The Morgan fingerprint density at radius 2 is 1.55 bits per heavy atom. The first-order valence-corrected chi connectivity index (χ1v) is 3.92. The van der Waals surface area contributed by atoms with Gasteiger partial charge in [0.15, 0.2) is 5.66 Å². The summed E-state index contributed by atoms with van der Waals surface area (Å²) < 4.78 is 10.1. The molecule has 0 bridgehead atoms. The first-order chi connectivity index (χ1) is 5.20. The molecule has 2 aliphatic heterocycles. The van der Waals surface area contributed by atoms with Gasteiger partial charge in [-0.15, -0.1) is 0 Å². The van der Waals surface area contributed by atoms with Crippen LogP contribution in [-0.4, -0.2) is 29.2 Å². The summed E-state index contributed by atoms with van der Waals surface area (Å²) in [6.07, 6.45) is 0. The normalized spacial score (nSPS) is 25.8. The summed E-state index contributed by atoms with van der Waals surface area (Å²) in [6, 6.07) is 0. The Kier molecular flexibility index (Phi) is 1.40. The lowest BCUT2D eigenvalue weighted by Gasteiger charge is -2.16. The molecule has 2 heterocycles. The summed E-state index contributed by atoms with van der Waals surface area (Å²) in [5, 5.41) is 6.68. The van der Waals surface area contributed by atoms with Crippen LogP contribution in [0.1, 0.15) is 0 Å². The topological polar surface area (TPSA) is 42.5 Å². The average molecular weight is 190 g/mol. The first-order valence-electron chi connectivity index (χ1n) is 3.10. The van der Waals surface area contributed by atoms with Crippen molar-refractivity contribution in [3.63, 3.8) is 0 Å². The van der Waals surface area contributed by atoms with E-state index in [1.807, 2.05) is 0 Å². The lowest BCUT2D eigenvalue weighted by Crippen LogP contribution is -2.54. The maximum absolute atomic E-state index is 5.06. The number of thiocarbonyl (C=S) groups is 2. The van der Waals surface area contributed by atoms with E-state index >= 15 is 0 Å². The van der Waals surface area contributed by atoms with Crippen LogP contribution >= 0.6 is 24.4 Å². The lowest BCUT2D eigenvalue weighted by atomic mass is 10.2. The van der Waals surface area contributed by atoms with Crippen LogP contribution in [0.3, 0.4) is 0 Å². The van der Waals surface area contributed by atoms with Crippen LogP contribution in [0.25, 0.3) is 0 Å². The first kappa shape index (κ1) is 7.05. The molecular formula is C5H6N2O2S2. The zero-order valence-corrected chi connectivity index (χ0v) is 7.18. The van der Waals surface area contributed by atoms with Crippen molar-refractivity contribution >= 4 is 34.8 Å². The fourth-order valence-corrected chi connectivity index (χ4v) is 1.57. The number of nitrogens with one attached hydrogen (secondary N) is 2. The molecule has 0 aromatic carbocycles. The van der Waals surface area contributed by atoms with Crippen LogP contribution in [0.2, 0.25) is 0 Å². The van der Waals surface area contributed by atoms with E-state index in [-0.39, 0.29) is 0 Å². The van der Waals surface area contributed by atoms with Crippen molar-refractivity contribution in [3.05, 3.63) is 0 Å². The van der Waals surface area contributed by atoms with Crippen molar-refractivity contribution in [2.75, 3.05) is 13.2 Å². The minimum Gasteiger partial charge on any atom is -0.466 e. The second-order valence-corrected chi connectivity index (χ2v) is 3.23. The smallest absolute Gasteiger partial charge is 0.258 e. The van der Waals surface area contributed by atoms with E-state index in [1.165, 1.54) is 0 Å². The number of hydrogen-bond donors (Lipinski definition) is 2. The highest BCUT2D eigenvalue weighted by molar-refractivity contribution is 7.80. The predicted molar refractivity (Wildman–Crippen MR) is 46.1 cm³/mol. The van der Waals surface area contributed by atoms with Gasteiger partial charge in [-0.1, -0.05) is 0 Å². The van der Waals surface area contributed by atoms with Crippen LogP contribution in [0, 0.1) is 0 Å². The Balaban J connectivity index is 2.13. The highest BCUT2D eigenvalue weighted by Crippen LogP contribution is 2.15. The van der Waals surface area contributed by atoms with Gasteiger partial charge in [-0.3, -0.25) is 0 Å². The molecule has 1 spiro atoms. The Labute approximate surface area is 74.2 Å². The third-order valence-corrected chi connectivity index (χ3v) is 2.02. The molecule has 11 heavy (non-hydrogen) atoms. The molecule has 4 nitrogen and oxygen atoms in total. The SMILES string of the molecule is S=C1NC2(CO1)COC(=S)N2. The minimum absolute atomic E-state index is 0.394. The van der Waals surface area contributed by atoms with Crippen molar-refractivity contribution in [1.29, 1.82) is 0 Å². The van der Waals surface area contributed by atoms with E-state index in [0.29, 0.717) is 23.6 Å². The zero-order valence-electron chi connectivity index (χ0n) is 5.55. The number of rotatable bonds is 0. The molecule has 2 saturated heterocycles. The molecule has 0 atom stereocenters. The lowest BCUT2D eigenvalue weighted by molar-refractivity contribution is 0.208. The van der Waals surface area contributed by atoms with Gasteiger partial charge < -0.3 is 20.1 Å². The Morgan fingerprint density at radius 3 is 1.82 bits per heavy atom. The van der Waals surface area contributed by atoms with Crippen molar-refractivity contribution in [2.45, 2.75) is 5.66 Å². The van der Waals surface area contributed by atoms with E-state index in [0.717, 1.165) is 0 Å². The molecule has 2 aliphatic rings. The maximum Gasteiger partial charge on any atom is 0.258 e. The molecule has 0 amide bonds. The van der Waals surface area contributed by atoms with Gasteiger partial charge in [-0.05, 0) is 24.4 Å². The van der Waals surface area contributed by atoms with Crippen molar-refractivity contribution in [3.8, 4) is 0 Å². The molecule has 2 N–H and O–H groups in total. The predicted octanol–water partition coefficient (Wildman–Crippen LogP) is -0.508. The maximum atomic E-state index is 5.06. The third kappa shape index (κ3) is 1.12. The molecular weight excluding hydrogens is 184 g/mol. The van der Waals surface area contributed by atoms with Gasteiger partial charge in [-0.25, -0.2) is 0 Å². The number of hydrogen-bond acceptors (Lipinski definition) is 4. The zero-order chi connectivity index (χ0) is 7.90. The van der Waals surface area contributed by atoms with Crippen LogP contribution in [0.15, 0.2) is 0 Å². The molecule has 6 heteroatoms. The van der Waals surface area contributed by atoms with Crippen molar-refractivity contribution in [1.82, 2.24) is 10.6 Å². The van der Waals surface area contributed by atoms with E-state index in [2.05, 4.69) is 10.6 Å². The summed E-state index contributed by atoms with van der Waals surface area (Å²) in [5.74, 6) is 0. The van der Waals surface area contributed by atoms with Crippen molar-refractivity contribution < 1.29 is 9.47 Å². The highest BCUT2D eigenvalue weighted by Gasteiger charge is 2.43. The summed E-state index contributed by atoms with van der Waals surface area (Å²) in [6.45, 7) is 0.929. The van der Waals surface area contributed by atoms with Gasteiger partial charge in [0.25, 0.3) is 10.3 Å². The molecule has 0 aromatic heterocycles. The standard InChI is InChI=1S/C5H6N2O2S2/c10-3-6-5(1-8-3)2-9-4(11)7-5/h1-2H2,(H,6,10)(H,7,11). The fourth-order valence-electron chi connectivity index (χ4n) is 1.06. The number of ether oxygens (including phenoxy) is 2. The summed E-state index contributed by atoms with van der Waals surface area (Å²) in [5.41, 5.74) is -0.395.